The Bertz CT molecular complexity index is 1040. The van der Waals surface area contributed by atoms with Crippen LogP contribution in [0.3, 0.4) is 0 Å². The van der Waals surface area contributed by atoms with Crippen molar-refractivity contribution >= 4 is 28.4 Å². The molecule has 5 heteroatoms. The molecule has 0 aliphatic carbocycles. The number of fused-ring (bicyclic) bond motifs is 1. The number of aromatic nitrogens is 1. The van der Waals surface area contributed by atoms with E-state index >= 15 is 0 Å². The predicted molar refractivity (Wildman–Crippen MR) is 112 cm³/mol. The van der Waals surface area contributed by atoms with Gasteiger partial charge in [0.2, 0.25) is 5.90 Å². The lowest BCUT2D eigenvalue weighted by atomic mass is 10.1. The molecule has 1 aliphatic heterocycles. The summed E-state index contributed by atoms with van der Waals surface area (Å²) in [6, 6.07) is 19.1. The second kappa shape index (κ2) is 7.80. The maximum atomic E-state index is 12.8. The Morgan fingerprint density at radius 3 is 2.75 bits per heavy atom. The summed E-state index contributed by atoms with van der Waals surface area (Å²) in [6.45, 7) is 4.94. The molecule has 0 bridgehead atoms. The molecule has 1 N–H and O–H groups in total. The topological polar surface area (TPSA) is 63.6 Å². The predicted octanol–water partition coefficient (Wildman–Crippen LogP) is 4.68. The van der Waals surface area contributed by atoms with Gasteiger partial charge in [0, 0.05) is 5.39 Å². The van der Waals surface area contributed by atoms with Crippen molar-refractivity contribution < 1.29 is 9.53 Å². The monoisotopic (exact) mass is 373 g/mol. The third-order valence-corrected chi connectivity index (χ3v) is 4.69. The zero-order valence-corrected chi connectivity index (χ0v) is 16.1. The molecule has 5 nitrogen and oxygen atoms in total. The van der Waals surface area contributed by atoms with Crippen molar-refractivity contribution in [2.24, 2.45) is 10.9 Å². The second-order valence-corrected chi connectivity index (χ2v) is 7.42. The Balaban J connectivity index is 1.57. The van der Waals surface area contributed by atoms with Gasteiger partial charge >= 0.3 is 0 Å². The quantitative estimate of drug-likeness (QED) is 0.706. The van der Waals surface area contributed by atoms with Crippen LogP contribution >= 0.6 is 0 Å². The number of hydrogen-bond donors (Lipinski definition) is 1. The largest absolute Gasteiger partial charge is 0.475 e. The van der Waals surface area contributed by atoms with Crippen molar-refractivity contribution in [2.45, 2.75) is 26.3 Å². The molecule has 0 radical (unpaired) electrons. The molecule has 2 aromatic carbocycles. The van der Waals surface area contributed by atoms with Crippen LogP contribution in [0.2, 0.25) is 0 Å². The molecular weight excluding hydrogens is 350 g/mol. The fraction of sp³-hybridized carbons (Fsp3) is 0.261. The van der Waals surface area contributed by atoms with Gasteiger partial charge in [-0.2, -0.15) is 0 Å². The number of hydrogen-bond acceptors (Lipinski definition) is 4. The summed E-state index contributed by atoms with van der Waals surface area (Å²) in [5.74, 6) is 0.897. The third kappa shape index (κ3) is 3.88. The van der Waals surface area contributed by atoms with Crippen molar-refractivity contribution in [3.8, 4) is 0 Å². The zero-order valence-electron chi connectivity index (χ0n) is 16.1. The molecule has 142 valence electrons. The molecule has 0 saturated carbocycles. The standard InChI is InChI=1S/C23H23N3O2/c1-15(2)13-17-14-28-23(24-17)18-8-4-6-10-20(18)26-22(27)21-12-11-16-7-3-5-9-19(16)25-21/h3-12,15,17H,13-14H2,1-2H3,(H,26,27)/t17-/m0/s1. The molecule has 1 aliphatic rings. The Morgan fingerprint density at radius 1 is 1.11 bits per heavy atom. The molecule has 1 aromatic heterocycles. The van der Waals surface area contributed by atoms with E-state index in [0.29, 0.717) is 29.8 Å². The van der Waals surface area contributed by atoms with Gasteiger partial charge in [-0.25, -0.2) is 9.98 Å². The van der Waals surface area contributed by atoms with Gasteiger partial charge in [0.05, 0.1) is 22.8 Å². The highest BCUT2D eigenvalue weighted by molar-refractivity contribution is 6.09. The molecule has 3 aromatic rings. The highest BCUT2D eigenvalue weighted by Gasteiger charge is 2.23. The van der Waals surface area contributed by atoms with Gasteiger partial charge in [0.1, 0.15) is 12.3 Å². The Kier molecular flexibility index (Phi) is 5.06. The van der Waals surface area contributed by atoms with E-state index in [-0.39, 0.29) is 11.9 Å². The summed E-state index contributed by atoms with van der Waals surface area (Å²) in [5.41, 5.74) is 2.64. The average Bonchev–Trinajstić information content (AvgIpc) is 3.15. The van der Waals surface area contributed by atoms with Crippen LogP contribution in [0.15, 0.2) is 65.7 Å². The lowest BCUT2D eigenvalue weighted by Crippen LogP contribution is -2.16. The molecule has 2 heterocycles. The Morgan fingerprint density at radius 2 is 1.89 bits per heavy atom. The number of pyridine rings is 1. The summed E-state index contributed by atoms with van der Waals surface area (Å²) in [6.07, 6.45) is 0.985. The van der Waals surface area contributed by atoms with E-state index in [1.807, 2.05) is 54.6 Å². The van der Waals surface area contributed by atoms with Gasteiger partial charge in [0.25, 0.3) is 5.91 Å². The maximum Gasteiger partial charge on any atom is 0.274 e. The summed E-state index contributed by atoms with van der Waals surface area (Å²) >= 11 is 0. The van der Waals surface area contributed by atoms with E-state index < -0.39 is 0 Å². The van der Waals surface area contributed by atoms with Crippen molar-refractivity contribution in [3.63, 3.8) is 0 Å². The summed E-state index contributed by atoms with van der Waals surface area (Å²) in [4.78, 5) is 22.0. The van der Waals surface area contributed by atoms with Crippen LogP contribution < -0.4 is 5.32 Å². The molecule has 1 atom stereocenters. The summed E-state index contributed by atoms with van der Waals surface area (Å²) in [5, 5.41) is 3.97. The van der Waals surface area contributed by atoms with E-state index in [2.05, 4.69) is 24.1 Å². The highest BCUT2D eigenvalue weighted by Crippen LogP contribution is 2.23. The normalized spacial score (nSPS) is 16.1. The first-order valence-electron chi connectivity index (χ1n) is 9.57. The van der Waals surface area contributed by atoms with Crippen molar-refractivity contribution in [1.29, 1.82) is 0 Å². The van der Waals surface area contributed by atoms with Crippen molar-refractivity contribution in [2.75, 3.05) is 11.9 Å². The lowest BCUT2D eigenvalue weighted by molar-refractivity contribution is 0.102. The summed E-state index contributed by atoms with van der Waals surface area (Å²) < 4.78 is 5.82. The number of para-hydroxylation sites is 2. The zero-order chi connectivity index (χ0) is 19.5. The maximum absolute atomic E-state index is 12.8. The van der Waals surface area contributed by atoms with Crippen LogP contribution in [-0.4, -0.2) is 29.4 Å². The molecule has 4 rings (SSSR count). The highest BCUT2D eigenvalue weighted by atomic mass is 16.5. The average molecular weight is 373 g/mol. The van der Waals surface area contributed by atoms with Crippen LogP contribution in [0.5, 0.6) is 0 Å². The van der Waals surface area contributed by atoms with Gasteiger partial charge in [-0.3, -0.25) is 4.79 Å². The molecule has 28 heavy (non-hydrogen) atoms. The third-order valence-electron chi connectivity index (χ3n) is 4.69. The molecule has 1 amide bonds. The fourth-order valence-electron chi connectivity index (χ4n) is 3.39. The van der Waals surface area contributed by atoms with Crippen molar-refractivity contribution in [3.05, 3.63) is 71.9 Å². The Labute approximate surface area is 164 Å². The van der Waals surface area contributed by atoms with E-state index in [9.17, 15) is 4.79 Å². The first kappa shape index (κ1) is 18.2. The number of carbonyl (C=O) groups is 1. The second-order valence-electron chi connectivity index (χ2n) is 7.42. The van der Waals surface area contributed by atoms with Gasteiger partial charge in [-0.15, -0.1) is 0 Å². The number of amides is 1. The smallest absolute Gasteiger partial charge is 0.274 e. The first-order valence-corrected chi connectivity index (χ1v) is 9.57. The molecule has 0 spiro atoms. The molecule has 0 unspecified atom stereocenters. The first-order chi connectivity index (χ1) is 13.6. The molecule has 0 fully saturated rings. The number of nitrogens with zero attached hydrogens (tertiary/aromatic N) is 2. The van der Waals surface area contributed by atoms with Crippen molar-refractivity contribution in [1.82, 2.24) is 4.98 Å². The van der Waals surface area contributed by atoms with E-state index in [4.69, 9.17) is 9.73 Å². The van der Waals surface area contributed by atoms with Gasteiger partial charge < -0.3 is 10.1 Å². The minimum absolute atomic E-state index is 0.168. The molecular formula is C23H23N3O2. The van der Waals surface area contributed by atoms with E-state index in [0.717, 1.165) is 22.9 Å². The number of benzene rings is 2. The van der Waals surface area contributed by atoms with Gasteiger partial charge in [-0.1, -0.05) is 50.2 Å². The van der Waals surface area contributed by atoms with Crippen LogP contribution in [0.1, 0.15) is 36.3 Å². The van der Waals surface area contributed by atoms with Crippen LogP contribution in [-0.2, 0) is 4.74 Å². The Hall–Kier alpha value is -3.21. The minimum Gasteiger partial charge on any atom is -0.475 e. The number of aliphatic imine (C=N–C) groups is 1. The SMILES string of the molecule is CC(C)C[C@H]1COC(c2ccccc2NC(=O)c2ccc3ccccc3n2)=N1. The van der Waals surface area contributed by atoms with Crippen LogP contribution in [0.25, 0.3) is 10.9 Å². The number of ether oxygens (including phenoxy) is 1. The number of rotatable bonds is 5. The number of nitrogens with one attached hydrogen (secondary N) is 1. The number of anilines is 1. The van der Waals surface area contributed by atoms with Gasteiger partial charge in [-0.05, 0) is 36.6 Å². The van der Waals surface area contributed by atoms with Gasteiger partial charge in [0.15, 0.2) is 0 Å². The minimum atomic E-state index is -0.254. The van der Waals surface area contributed by atoms with Crippen LogP contribution in [0, 0.1) is 5.92 Å². The molecule has 0 saturated heterocycles. The summed E-state index contributed by atoms with van der Waals surface area (Å²) in [7, 11) is 0. The number of carbonyl (C=O) groups excluding carboxylic acids is 1. The van der Waals surface area contributed by atoms with Crippen LogP contribution in [0.4, 0.5) is 5.69 Å². The van der Waals surface area contributed by atoms with E-state index in [1.54, 1.807) is 6.07 Å². The van der Waals surface area contributed by atoms with E-state index in [1.165, 1.54) is 0 Å². The fourth-order valence-corrected chi connectivity index (χ4v) is 3.39. The lowest BCUT2D eigenvalue weighted by Gasteiger charge is -2.10.